The smallest absolute Gasteiger partial charge is 0.337 e. The predicted octanol–water partition coefficient (Wildman–Crippen LogP) is 1.51. The van der Waals surface area contributed by atoms with Gasteiger partial charge in [-0.2, -0.15) is 0 Å². The van der Waals surface area contributed by atoms with Gasteiger partial charge in [-0.25, -0.2) is 4.79 Å². The molecule has 1 atom stereocenters. The molecule has 1 heterocycles. The first-order valence-electron chi connectivity index (χ1n) is 4.73. The normalized spacial score (nSPS) is 19.9. The topological polar surface area (TPSA) is 38.3 Å². The zero-order valence-corrected chi connectivity index (χ0v) is 8.12. The van der Waals surface area contributed by atoms with Crippen LogP contribution in [-0.2, 0) is 4.74 Å². The van der Waals surface area contributed by atoms with Gasteiger partial charge in [-0.05, 0) is 30.7 Å². The molecule has 0 unspecified atom stereocenters. The standard InChI is InChI=1S/C11H13NO2/c1-14-11(13)9-4-2-3-8(7-9)10-5-6-12-10/h2-4,7,10,12H,5-6H2,1H3/t10-/m0/s1. The summed E-state index contributed by atoms with van der Waals surface area (Å²) in [4.78, 5) is 11.3. The monoisotopic (exact) mass is 191 g/mol. The molecule has 0 radical (unpaired) electrons. The summed E-state index contributed by atoms with van der Waals surface area (Å²) in [6.07, 6.45) is 1.14. The molecular weight excluding hydrogens is 178 g/mol. The molecule has 3 nitrogen and oxygen atoms in total. The summed E-state index contributed by atoms with van der Waals surface area (Å²) >= 11 is 0. The van der Waals surface area contributed by atoms with E-state index in [9.17, 15) is 4.79 Å². The molecule has 1 aromatic rings. The summed E-state index contributed by atoms with van der Waals surface area (Å²) in [6.45, 7) is 1.06. The Morgan fingerprint density at radius 3 is 2.93 bits per heavy atom. The van der Waals surface area contributed by atoms with E-state index >= 15 is 0 Å². The summed E-state index contributed by atoms with van der Waals surface area (Å²) in [5.41, 5.74) is 1.79. The quantitative estimate of drug-likeness (QED) is 0.720. The molecular formula is C11H13NO2. The maximum atomic E-state index is 11.3. The van der Waals surface area contributed by atoms with Gasteiger partial charge in [0.1, 0.15) is 0 Å². The lowest BCUT2D eigenvalue weighted by molar-refractivity contribution is 0.0600. The molecule has 0 aliphatic carbocycles. The molecule has 14 heavy (non-hydrogen) atoms. The number of carbonyl (C=O) groups excluding carboxylic acids is 1. The molecule has 0 amide bonds. The van der Waals surface area contributed by atoms with E-state index in [1.54, 1.807) is 6.07 Å². The van der Waals surface area contributed by atoms with Gasteiger partial charge in [-0.3, -0.25) is 0 Å². The second-order valence-corrected chi connectivity index (χ2v) is 3.41. The highest BCUT2D eigenvalue weighted by atomic mass is 16.5. The van der Waals surface area contributed by atoms with Crippen molar-refractivity contribution in [2.75, 3.05) is 13.7 Å². The van der Waals surface area contributed by atoms with Gasteiger partial charge in [0.05, 0.1) is 12.7 Å². The zero-order chi connectivity index (χ0) is 9.97. The van der Waals surface area contributed by atoms with Gasteiger partial charge in [-0.15, -0.1) is 0 Å². The highest BCUT2D eigenvalue weighted by molar-refractivity contribution is 5.89. The Kier molecular flexibility index (Phi) is 2.50. The number of carbonyl (C=O) groups is 1. The summed E-state index contributed by atoms with van der Waals surface area (Å²) in [5, 5.41) is 3.29. The van der Waals surface area contributed by atoms with Crippen molar-refractivity contribution < 1.29 is 9.53 Å². The SMILES string of the molecule is COC(=O)c1cccc([C@@H]2CCN2)c1. The summed E-state index contributed by atoms with van der Waals surface area (Å²) < 4.78 is 4.66. The largest absolute Gasteiger partial charge is 0.465 e. The van der Waals surface area contributed by atoms with Crippen molar-refractivity contribution in [1.82, 2.24) is 5.32 Å². The highest BCUT2D eigenvalue weighted by Crippen LogP contribution is 2.23. The summed E-state index contributed by atoms with van der Waals surface area (Å²) in [7, 11) is 1.40. The minimum absolute atomic E-state index is 0.272. The Bertz CT molecular complexity index is 345. The molecule has 0 spiro atoms. The van der Waals surface area contributed by atoms with Gasteiger partial charge in [0, 0.05) is 6.04 Å². The number of rotatable bonds is 2. The van der Waals surface area contributed by atoms with E-state index in [1.807, 2.05) is 18.2 Å². The first-order chi connectivity index (χ1) is 6.81. The fourth-order valence-corrected chi connectivity index (χ4v) is 1.57. The van der Waals surface area contributed by atoms with Gasteiger partial charge < -0.3 is 10.1 Å². The van der Waals surface area contributed by atoms with Crippen LogP contribution in [0.3, 0.4) is 0 Å². The average Bonchev–Trinajstić information content (AvgIpc) is 2.14. The van der Waals surface area contributed by atoms with Crippen molar-refractivity contribution in [3.8, 4) is 0 Å². The van der Waals surface area contributed by atoms with Crippen LogP contribution in [0.15, 0.2) is 24.3 Å². The van der Waals surface area contributed by atoms with Crippen LogP contribution in [0.4, 0.5) is 0 Å². The number of benzene rings is 1. The van der Waals surface area contributed by atoms with E-state index in [1.165, 1.54) is 12.7 Å². The lowest BCUT2D eigenvalue weighted by atomic mass is 9.96. The second kappa shape index (κ2) is 3.80. The number of esters is 1. The van der Waals surface area contributed by atoms with Crippen LogP contribution < -0.4 is 5.32 Å². The van der Waals surface area contributed by atoms with Gasteiger partial charge in [0.15, 0.2) is 0 Å². The molecule has 1 N–H and O–H groups in total. The molecule has 3 heteroatoms. The van der Waals surface area contributed by atoms with Crippen molar-refractivity contribution >= 4 is 5.97 Å². The van der Waals surface area contributed by atoms with Crippen LogP contribution in [-0.4, -0.2) is 19.6 Å². The molecule has 1 fully saturated rings. The number of hydrogen-bond donors (Lipinski definition) is 1. The van der Waals surface area contributed by atoms with Gasteiger partial charge in [0.25, 0.3) is 0 Å². The molecule has 1 aliphatic heterocycles. The second-order valence-electron chi connectivity index (χ2n) is 3.41. The van der Waals surface area contributed by atoms with Crippen LogP contribution in [0.5, 0.6) is 0 Å². The van der Waals surface area contributed by atoms with Crippen molar-refractivity contribution in [2.45, 2.75) is 12.5 Å². The lowest BCUT2D eigenvalue weighted by Crippen LogP contribution is -2.34. The van der Waals surface area contributed by atoms with Gasteiger partial charge in [0.2, 0.25) is 0 Å². The van der Waals surface area contributed by atoms with E-state index in [0.29, 0.717) is 11.6 Å². The third-order valence-corrected chi connectivity index (χ3v) is 2.53. The summed E-state index contributed by atoms with van der Waals surface area (Å²) in [5.74, 6) is -0.272. The zero-order valence-electron chi connectivity index (χ0n) is 8.12. The maximum absolute atomic E-state index is 11.3. The molecule has 74 valence electrons. The van der Waals surface area contributed by atoms with Crippen LogP contribution in [0.2, 0.25) is 0 Å². The Labute approximate surface area is 83.1 Å². The van der Waals surface area contributed by atoms with Crippen LogP contribution in [0.25, 0.3) is 0 Å². The Morgan fingerprint density at radius 1 is 1.57 bits per heavy atom. The lowest BCUT2D eigenvalue weighted by Gasteiger charge is -2.28. The summed E-state index contributed by atoms with van der Waals surface area (Å²) in [6, 6.07) is 8.00. The minimum Gasteiger partial charge on any atom is -0.465 e. The van der Waals surface area contributed by atoms with Crippen LogP contribution in [0.1, 0.15) is 28.4 Å². The van der Waals surface area contributed by atoms with E-state index in [0.717, 1.165) is 13.0 Å². The van der Waals surface area contributed by atoms with E-state index in [4.69, 9.17) is 0 Å². The molecule has 1 aliphatic rings. The van der Waals surface area contributed by atoms with Gasteiger partial charge >= 0.3 is 5.97 Å². The Balaban J connectivity index is 2.21. The third-order valence-electron chi connectivity index (χ3n) is 2.53. The van der Waals surface area contributed by atoms with E-state index < -0.39 is 0 Å². The predicted molar refractivity (Wildman–Crippen MR) is 53.1 cm³/mol. The van der Waals surface area contributed by atoms with Crippen molar-refractivity contribution in [3.05, 3.63) is 35.4 Å². The van der Waals surface area contributed by atoms with Crippen molar-refractivity contribution in [3.63, 3.8) is 0 Å². The van der Waals surface area contributed by atoms with E-state index in [-0.39, 0.29) is 5.97 Å². The number of ether oxygens (including phenoxy) is 1. The maximum Gasteiger partial charge on any atom is 0.337 e. The molecule has 1 aromatic carbocycles. The first kappa shape index (κ1) is 9.21. The number of methoxy groups -OCH3 is 1. The first-order valence-corrected chi connectivity index (χ1v) is 4.73. The molecule has 2 rings (SSSR count). The molecule has 0 bridgehead atoms. The van der Waals surface area contributed by atoms with Crippen molar-refractivity contribution in [1.29, 1.82) is 0 Å². The number of nitrogens with one attached hydrogen (secondary N) is 1. The van der Waals surface area contributed by atoms with E-state index in [2.05, 4.69) is 10.1 Å². The van der Waals surface area contributed by atoms with Crippen molar-refractivity contribution in [2.24, 2.45) is 0 Å². The fourth-order valence-electron chi connectivity index (χ4n) is 1.57. The van der Waals surface area contributed by atoms with Crippen LogP contribution in [0, 0.1) is 0 Å². The Morgan fingerprint density at radius 2 is 2.36 bits per heavy atom. The van der Waals surface area contributed by atoms with Crippen LogP contribution >= 0.6 is 0 Å². The van der Waals surface area contributed by atoms with Gasteiger partial charge in [-0.1, -0.05) is 12.1 Å². The highest BCUT2D eigenvalue weighted by Gasteiger charge is 2.19. The fraction of sp³-hybridized carbons (Fsp3) is 0.364. The average molecular weight is 191 g/mol. The number of hydrogen-bond acceptors (Lipinski definition) is 3. The molecule has 0 saturated carbocycles. The Hall–Kier alpha value is -1.35. The third kappa shape index (κ3) is 1.63. The molecule has 0 aromatic heterocycles. The minimum atomic E-state index is -0.272. The molecule has 1 saturated heterocycles.